The van der Waals surface area contributed by atoms with Crippen LogP contribution in [0.4, 0.5) is 5.69 Å². The molecule has 0 saturated carbocycles. The van der Waals surface area contributed by atoms with Crippen LogP contribution >= 0.6 is 0 Å². The first-order valence-electron chi connectivity index (χ1n) is 10.5. The summed E-state index contributed by atoms with van der Waals surface area (Å²) >= 11 is 0. The molecule has 0 bridgehead atoms. The average Bonchev–Trinajstić information content (AvgIpc) is 2.82. The standard InChI is InChI=1S/C24H22N4O3.CH4O3S/c25-24(26)28-20-11-9-19(10-12-20)23(30)31-21-13-6-17(7-14-21)8-15-22(29)27-16-18-4-2-1-3-5-18;1-5(2,3)4/h1-15H,16H2,(H,27,29)(H4,25,26,28);1H3,(H,2,3,4)/b15-8+;. The molecule has 3 rings (SSSR count). The molecule has 6 N–H and O–H groups in total. The van der Waals surface area contributed by atoms with Crippen LogP contribution in [-0.4, -0.2) is 37.1 Å². The predicted octanol–water partition coefficient (Wildman–Crippen LogP) is 0.382. The van der Waals surface area contributed by atoms with Gasteiger partial charge in [-0.25, -0.2) is 18.2 Å². The van der Waals surface area contributed by atoms with Crippen LogP contribution in [0.25, 0.3) is 6.08 Å². The monoisotopic (exact) mass is 510 g/mol. The van der Waals surface area contributed by atoms with Crippen molar-refractivity contribution in [1.29, 1.82) is 0 Å². The lowest BCUT2D eigenvalue weighted by Crippen LogP contribution is -2.72. The Morgan fingerprint density at radius 2 is 1.56 bits per heavy atom. The van der Waals surface area contributed by atoms with Gasteiger partial charge in [0.15, 0.2) is 0 Å². The lowest BCUT2D eigenvalue weighted by atomic mass is 10.2. The van der Waals surface area contributed by atoms with Crippen LogP contribution in [0.5, 0.6) is 5.75 Å². The van der Waals surface area contributed by atoms with E-state index >= 15 is 0 Å². The number of hydrogen-bond donors (Lipinski definition) is 4. The van der Waals surface area contributed by atoms with Gasteiger partial charge < -0.3 is 14.6 Å². The third-order valence-electron chi connectivity index (χ3n) is 4.24. The van der Waals surface area contributed by atoms with E-state index in [1.807, 2.05) is 30.3 Å². The second kappa shape index (κ2) is 13.4. The molecule has 0 spiro atoms. The first-order valence-corrected chi connectivity index (χ1v) is 12.3. The van der Waals surface area contributed by atoms with E-state index in [1.165, 1.54) is 6.08 Å². The highest BCUT2D eigenvalue weighted by atomic mass is 32.2. The van der Waals surface area contributed by atoms with Crippen molar-refractivity contribution in [2.75, 3.05) is 6.26 Å². The molecular formula is C25H26N4O6S. The van der Waals surface area contributed by atoms with Crippen molar-refractivity contribution in [3.8, 4) is 5.75 Å². The highest BCUT2D eigenvalue weighted by Crippen LogP contribution is 2.15. The Morgan fingerprint density at radius 3 is 2.11 bits per heavy atom. The Hall–Kier alpha value is -4.48. The van der Waals surface area contributed by atoms with Crippen LogP contribution < -0.4 is 26.5 Å². The lowest BCUT2D eigenvalue weighted by Gasteiger charge is -2.05. The molecule has 3 aromatic carbocycles. The molecule has 36 heavy (non-hydrogen) atoms. The van der Waals surface area contributed by atoms with Gasteiger partial charge in [0, 0.05) is 18.9 Å². The second-order valence-electron chi connectivity index (χ2n) is 7.36. The molecule has 0 aliphatic heterocycles. The number of nitrogens with one attached hydrogen (secondary N) is 2. The summed E-state index contributed by atoms with van der Waals surface area (Å²) in [6, 6.07) is 23.1. The Morgan fingerprint density at radius 1 is 0.972 bits per heavy atom. The Kier molecular flexibility index (Phi) is 10.3. The number of esters is 1. The van der Waals surface area contributed by atoms with Crippen LogP contribution in [0.1, 0.15) is 21.5 Å². The topological polar surface area (TPSA) is 179 Å². The van der Waals surface area contributed by atoms with E-state index in [9.17, 15) is 9.59 Å². The van der Waals surface area contributed by atoms with Crippen LogP contribution in [0.15, 0.2) is 84.9 Å². The highest BCUT2D eigenvalue weighted by Gasteiger charge is 2.09. The number of nitrogens with two attached hydrogens (primary N) is 2. The summed E-state index contributed by atoms with van der Waals surface area (Å²) in [7, 11) is -3.92. The summed E-state index contributed by atoms with van der Waals surface area (Å²) in [5.41, 5.74) is 13.7. The van der Waals surface area contributed by atoms with Gasteiger partial charge in [-0.05, 0) is 53.6 Å². The molecule has 0 aliphatic carbocycles. The summed E-state index contributed by atoms with van der Waals surface area (Å²) in [4.78, 5) is 27.0. The van der Waals surface area contributed by atoms with Crippen LogP contribution in [0, 0.1) is 0 Å². The smallest absolute Gasteiger partial charge is 0.343 e. The van der Waals surface area contributed by atoms with E-state index in [0.29, 0.717) is 29.8 Å². The summed E-state index contributed by atoms with van der Waals surface area (Å²) in [6.45, 7) is 0.466. The van der Waals surface area contributed by atoms with Gasteiger partial charge in [0.1, 0.15) is 5.75 Å². The molecule has 0 radical (unpaired) electrons. The number of carbonyl (C=O) groups is 2. The third-order valence-corrected chi connectivity index (χ3v) is 4.24. The summed E-state index contributed by atoms with van der Waals surface area (Å²) in [5, 5.41) is 2.82. The predicted molar refractivity (Wildman–Crippen MR) is 135 cm³/mol. The quantitative estimate of drug-likeness (QED) is 0.0880. The SMILES string of the molecule is CS(=O)(=O)[O-].NC(N)=[NH+]c1ccc(C(=O)Oc2ccc(/C=C/C(=O)NCc3ccccc3)cc2)cc1. The van der Waals surface area contributed by atoms with Gasteiger partial charge in [0.05, 0.1) is 21.4 Å². The molecule has 0 atom stereocenters. The number of amides is 1. The number of carbonyl (C=O) groups excluding carboxylic acids is 2. The summed E-state index contributed by atoms with van der Waals surface area (Å²) in [5.74, 6) is -0.207. The van der Waals surface area contributed by atoms with Crippen molar-refractivity contribution < 1.29 is 32.3 Å². The second-order valence-corrected chi connectivity index (χ2v) is 8.77. The zero-order chi connectivity index (χ0) is 26.6. The van der Waals surface area contributed by atoms with E-state index < -0.39 is 16.1 Å². The van der Waals surface area contributed by atoms with Gasteiger partial charge >= 0.3 is 11.9 Å². The molecule has 188 valence electrons. The van der Waals surface area contributed by atoms with E-state index in [2.05, 4.69) is 10.3 Å². The van der Waals surface area contributed by atoms with Crippen molar-refractivity contribution in [3.63, 3.8) is 0 Å². The van der Waals surface area contributed by atoms with Crippen molar-refractivity contribution in [2.24, 2.45) is 11.5 Å². The highest BCUT2D eigenvalue weighted by molar-refractivity contribution is 7.84. The van der Waals surface area contributed by atoms with E-state index in [4.69, 9.17) is 29.2 Å². The fourth-order valence-corrected chi connectivity index (χ4v) is 2.69. The molecule has 3 aromatic rings. The largest absolute Gasteiger partial charge is 0.748 e. The Balaban J connectivity index is 0.000000830. The minimum Gasteiger partial charge on any atom is -0.748 e. The fraction of sp³-hybridized carbons (Fsp3) is 0.0800. The Bertz CT molecular complexity index is 1310. The molecule has 10 nitrogen and oxygen atoms in total. The minimum absolute atomic E-state index is 0.0677. The zero-order valence-electron chi connectivity index (χ0n) is 19.4. The molecule has 0 unspecified atom stereocenters. The molecule has 1 amide bonds. The van der Waals surface area contributed by atoms with Gasteiger partial charge in [-0.3, -0.25) is 16.3 Å². The van der Waals surface area contributed by atoms with Gasteiger partial charge in [0.2, 0.25) is 5.91 Å². The number of ether oxygens (including phenoxy) is 1. The summed E-state index contributed by atoms with van der Waals surface area (Å²) in [6.07, 6.45) is 3.76. The third kappa shape index (κ3) is 11.6. The molecule has 0 fully saturated rings. The van der Waals surface area contributed by atoms with Gasteiger partial charge in [-0.15, -0.1) is 0 Å². The first-order chi connectivity index (χ1) is 17.0. The number of rotatable bonds is 7. The normalized spacial score (nSPS) is 10.6. The van der Waals surface area contributed by atoms with Crippen molar-refractivity contribution >= 4 is 39.7 Å². The zero-order valence-corrected chi connectivity index (χ0v) is 20.2. The Labute approximate surface area is 209 Å². The molecule has 0 saturated heterocycles. The number of benzene rings is 3. The molecule has 0 heterocycles. The molecular weight excluding hydrogens is 484 g/mol. The van der Waals surface area contributed by atoms with E-state index in [-0.39, 0.29) is 11.9 Å². The maximum Gasteiger partial charge on any atom is 0.343 e. The van der Waals surface area contributed by atoms with Crippen molar-refractivity contribution in [3.05, 3.63) is 102 Å². The maximum absolute atomic E-state index is 12.3. The van der Waals surface area contributed by atoms with Gasteiger partial charge in [-0.2, -0.15) is 0 Å². The minimum atomic E-state index is -3.92. The van der Waals surface area contributed by atoms with Crippen LogP contribution in [0.2, 0.25) is 0 Å². The van der Waals surface area contributed by atoms with Gasteiger partial charge in [-0.1, -0.05) is 42.5 Å². The molecule has 0 aliphatic rings. The van der Waals surface area contributed by atoms with Crippen LogP contribution in [-0.2, 0) is 21.5 Å². The number of hydrogen-bond acceptors (Lipinski definition) is 6. The van der Waals surface area contributed by atoms with Gasteiger partial charge in [0.25, 0.3) is 0 Å². The number of guanidine groups is 1. The average molecular weight is 511 g/mol. The summed E-state index contributed by atoms with van der Waals surface area (Å²) < 4.78 is 32.6. The first kappa shape index (κ1) is 27.8. The molecule has 0 aromatic heterocycles. The maximum atomic E-state index is 12.3. The lowest BCUT2D eigenvalue weighted by molar-refractivity contribution is -0.356. The van der Waals surface area contributed by atoms with E-state index in [0.717, 1.165) is 11.1 Å². The van der Waals surface area contributed by atoms with Crippen LogP contribution in [0.3, 0.4) is 0 Å². The molecule has 11 heteroatoms. The van der Waals surface area contributed by atoms with E-state index in [1.54, 1.807) is 54.6 Å². The fourth-order valence-electron chi connectivity index (χ4n) is 2.69. The van der Waals surface area contributed by atoms with Crippen molar-refractivity contribution in [1.82, 2.24) is 5.32 Å². The van der Waals surface area contributed by atoms with Crippen molar-refractivity contribution in [2.45, 2.75) is 6.54 Å².